The monoisotopic (exact) mass is 237 g/mol. The van der Waals surface area contributed by atoms with E-state index in [1.165, 1.54) is 24.1 Å². The van der Waals surface area contributed by atoms with Gasteiger partial charge in [-0.3, -0.25) is 4.98 Å². The molecule has 1 aliphatic carbocycles. The lowest BCUT2D eigenvalue weighted by molar-refractivity contribution is 0.691. The van der Waals surface area contributed by atoms with Crippen LogP contribution in [0.3, 0.4) is 0 Å². The van der Waals surface area contributed by atoms with Crippen LogP contribution < -0.4 is 0 Å². The third-order valence-corrected chi connectivity index (χ3v) is 3.87. The van der Waals surface area contributed by atoms with E-state index in [9.17, 15) is 0 Å². The first-order valence-electron chi connectivity index (χ1n) is 6.80. The van der Waals surface area contributed by atoms with Gasteiger partial charge in [0.15, 0.2) is 0 Å². The van der Waals surface area contributed by atoms with Gasteiger partial charge in [-0.25, -0.2) is 0 Å². The van der Waals surface area contributed by atoms with Crippen LogP contribution in [0.2, 0.25) is 0 Å². The Balaban J connectivity index is 1.55. The number of hydrogen-bond donors (Lipinski definition) is 0. The molecule has 0 amide bonds. The molecule has 1 saturated carbocycles. The highest BCUT2D eigenvalue weighted by Crippen LogP contribution is 2.49. The van der Waals surface area contributed by atoms with Crippen LogP contribution in [0.15, 0.2) is 48.5 Å². The number of nitrogens with zero attached hydrogens (tertiary/aromatic N) is 1. The maximum Gasteiger partial charge on any atom is 0.0406 e. The number of aromatic nitrogens is 1. The lowest BCUT2D eigenvalue weighted by atomic mass is 10.1. The third kappa shape index (κ3) is 2.61. The van der Waals surface area contributed by atoms with E-state index in [1.807, 2.05) is 0 Å². The van der Waals surface area contributed by atoms with Crippen LogP contribution in [0.1, 0.15) is 35.7 Å². The Morgan fingerprint density at radius 3 is 2.67 bits per heavy atom. The van der Waals surface area contributed by atoms with Crippen molar-refractivity contribution in [3.8, 4) is 0 Å². The summed E-state index contributed by atoms with van der Waals surface area (Å²) in [5.74, 6) is 1.67. The summed E-state index contributed by atoms with van der Waals surface area (Å²) in [6, 6.07) is 17.2. The van der Waals surface area contributed by atoms with Crippen molar-refractivity contribution in [2.45, 2.75) is 32.1 Å². The highest BCUT2D eigenvalue weighted by atomic mass is 14.7. The van der Waals surface area contributed by atoms with Gasteiger partial charge in [0.2, 0.25) is 0 Å². The Kier molecular flexibility index (Phi) is 3.14. The number of rotatable bonds is 4. The largest absolute Gasteiger partial charge is 0.258 e. The number of benzene rings is 1. The lowest BCUT2D eigenvalue weighted by Crippen LogP contribution is -1.93. The van der Waals surface area contributed by atoms with Gasteiger partial charge >= 0.3 is 0 Å². The molecule has 18 heavy (non-hydrogen) atoms. The van der Waals surface area contributed by atoms with Crippen molar-refractivity contribution < 1.29 is 0 Å². The SMILES string of the molecule is Cc1cccc(CC[C@H]2CC2c2ccccc2)n1. The first-order chi connectivity index (χ1) is 8.83. The maximum atomic E-state index is 4.57. The Morgan fingerprint density at radius 1 is 1.06 bits per heavy atom. The fourth-order valence-electron chi connectivity index (χ4n) is 2.75. The molecule has 1 aliphatic rings. The van der Waals surface area contributed by atoms with E-state index < -0.39 is 0 Å². The van der Waals surface area contributed by atoms with Crippen LogP contribution >= 0.6 is 0 Å². The van der Waals surface area contributed by atoms with Gasteiger partial charge in [-0.05, 0) is 55.7 Å². The van der Waals surface area contributed by atoms with Crippen molar-refractivity contribution in [3.63, 3.8) is 0 Å². The Morgan fingerprint density at radius 2 is 1.89 bits per heavy atom. The number of pyridine rings is 1. The molecule has 2 aromatic rings. The average Bonchev–Trinajstić information content (AvgIpc) is 3.17. The summed E-state index contributed by atoms with van der Waals surface area (Å²) in [4.78, 5) is 4.57. The van der Waals surface area contributed by atoms with E-state index in [1.54, 1.807) is 0 Å². The summed E-state index contributed by atoms with van der Waals surface area (Å²) in [6.07, 6.45) is 3.75. The van der Waals surface area contributed by atoms with Crippen molar-refractivity contribution in [3.05, 3.63) is 65.5 Å². The molecular weight excluding hydrogens is 218 g/mol. The minimum Gasteiger partial charge on any atom is -0.258 e. The second-order valence-corrected chi connectivity index (χ2v) is 5.32. The van der Waals surface area contributed by atoms with Gasteiger partial charge < -0.3 is 0 Å². The zero-order valence-electron chi connectivity index (χ0n) is 10.8. The number of hydrogen-bond acceptors (Lipinski definition) is 1. The van der Waals surface area contributed by atoms with Crippen molar-refractivity contribution in [2.24, 2.45) is 5.92 Å². The quantitative estimate of drug-likeness (QED) is 0.779. The molecule has 1 aromatic heterocycles. The normalized spacial score (nSPS) is 21.8. The highest BCUT2D eigenvalue weighted by molar-refractivity contribution is 5.25. The zero-order chi connectivity index (χ0) is 12.4. The molecule has 0 aliphatic heterocycles. The van der Waals surface area contributed by atoms with Gasteiger partial charge in [-0.2, -0.15) is 0 Å². The van der Waals surface area contributed by atoms with Crippen LogP contribution in [0.25, 0.3) is 0 Å². The van der Waals surface area contributed by atoms with Crippen LogP contribution in [0, 0.1) is 12.8 Å². The molecule has 1 unspecified atom stereocenters. The van der Waals surface area contributed by atoms with Gasteiger partial charge in [0.05, 0.1) is 0 Å². The van der Waals surface area contributed by atoms with E-state index in [-0.39, 0.29) is 0 Å². The van der Waals surface area contributed by atoms with E-state index in [4.69, 9.17) is 0 Å². The Bertz CT molecular complexity index is 518. The number of aryl methyl sites for hydroxylation is 2. The van der Waals surface area contributed by atoms with E-state index in [2.05, 4.69) is 60.4 Å². The highest BCUT2D eigenvalue weighted by Gasteiger charge is 2.37. The fraction of sp³-hybridized carbons (Fsp3) is 0.353. The molecule has 92 valence electrons. The molecule has 1 aromatic carbocycles. The Labute approximate surface area is 109 Å². The molecule has 0 spiro atoms. The van der Waals surface area contributed by atoms with E-state index in [0.717, 1.165) is 24.0 Å². The standard InChI is InChI=1S/C17H19N/c1-13-6-5-9-16(18-13)11-10-15-12-17(15)14-7-3-2-4-8-14/h2-9,15,17H,10-12H2,1H3/t15-,17?/m0/s1. The van der Waals surface area contributed by atoms with Gasteiger partial charge in [-0.15, -0.1) is 0 Å². The Hall–Kier alpha value is -1.63. The summed E-state index contributed by atoms with van der Waals surface area (Å²) < 4.78 is 0. The average molecular weight is 237 g/mol. The molecule has 0 bridgehead atoms. The minimum atomic E-state index is 0.802. The third-order valence-electron chi connectivity index (χ3n) is 3.87. The molecule has 3 rings (SSSR count). The molecule has 0 saturated heterocycles. The van der Waals surface area contributed by atoms with Crippen molar-refractivity contribution >= 4 is 0 Å². The summed E-state index contributed by atoms with van der Waals surface area (Å²) in [7, 11) is 0. The molecule has 0 radical (unpaired) electrons. The van der Waals surface area contributed by atoms with Crippen LogP contribution in [0.4, 0.5) is 0 Å². The molecule has 1 fully saturated rings. The molecule has 1 nitrogen and oxygen atoms in total. The van der Waals surface area contributed by atoms with Crippen molar-refractivity contribution in [1.29, 1.82) is 0 Å². The van der Waals surface area contributed by atoms with Crippen LogP contribution in [-0.2, 0) is 6.42 Å². The fourth-order valence-corrected chi connectivity index (χ4v) is 2.75. The second-order valence-electron chi connectivity index (χ2n) is 5.32. The van der Waals surface area contributed by atoms with Gasteiger partial charge in [0, 0.05) is 11.4 Å². The van der Waals surface area contributed by atoms with E-state index in [0.29, 0.717) is 0 Å². The first kappa shape index (κ1) is 11.5. The van der Waals surface area contributed by atoms with Crippen molar-refractivity contribution in [1.82, 2.24) is 4.98 Å². The molecule has 2 atom stereocenters. The zero-order valence-corrected chi connectivity index (χ0v) is 10.8. The second kappa shape index (κ2) is 4.93. The smallest absolute Gasteiger partial charge is 0.0406 e. The summed E-state index contributed by atoms with van der Waals surface area (Å²) >= 11 is 0. The predicted molar refractivity (Wildman–Crippen MR) is 74.6 cm³/mol. The predicted octanol–water partition coefficient (Wildman–Crippen LogP) is 4.13. The van der Waals surface area contributed by atoms with Crippen LogP contribution in [0.5, 0.6) is 0 Å². The lowest BCUT2D eigenvalue weighted by Gasteiger charge is -2.02. The first-order valence-corrected chi connectivity index (χ1v) is 6.80. The van der Waals surface area contributed by atoms with Crippen LogP contribution in [-0.4, -0.2) is 4.98 Å². The van der Waals surface area contributed by atoms with Gasteiger partial charge in [-0.1, -0.05) is 36.4 Å². The summed E-state index contributed by atoms with van der Waals surface area (Å²) in [6.45, 7) is 2.06. The molecule has 0 N–H and O–H groups in total. The maximum absolute atomic E-state index is 4.57. The molecule has 1 heterocycles. The van der Waals surface area contributed by atoms with Gasteiger partial charge in [0.1, 0.15) is 0 Å². The van der Waals surface area contributed by atoms with Gasteiger partial charge in [0.25, 0.3) is 0 Å². The summed E-state index contributed by atoms with van der Waals surface area (Å²) in [5, 5.41) is 0. The molecular formula is C17H19N. The topological polar surface area (TPSA) is 12.9 Å². The summed E-state index contributed by atoms with van der Waals surface area (Å²) in [5.41, 5.74) is 3.89. The minimum absolute atomic E-state index is 0.802. The van der Waals surface area contributed by atoms with E-state index >= 15 is 0 Å². The van der Waals surface area contributed by atoms with Crippen molar-refractivity contribution in [2.75, 3.05) is 0 Å². The molecule has 1 heteroatoms.